The summed E-state index contributed by atoms with van der Waals surface area (Å²) in [5.41, 5.74) is 1.07. The molecule has 3 aromatic rings. The molecule has 174 valence electrons. The van der Waals surface area contributed by atoms with Crippen LogP contribution in [0, 0.1) is 5.92 Å². The van der Waals surface area contributed by atoms with Crippen LogP contribution in [-0.2, 0) is 20.5 Å². The van der Waals surface area contributed by atoms with E-state index in [2.05, 4.69) is 31.5 Å². The summed E-state index contributed by atoms with van der Waals surface area (Å²) in [7, 11) is 0. The maximum absolute atomic E-state index is 14.6. The second kappa shape index (κ2) is 7.12. The minimum Gasteiger partial charge on any atom is -0.325 e. The Balaban J connectivity index is 1.58. The molecule has 2 spiro atoms. The Labute approximate surface area is 210 Å². The van der Waals surface area contributed by atoms with Crippen molar-refractivity contribution in [3.63, 3.8) is 0 Å². The molecule has 2 amide bonds. The van der Waals surface area contributed by atoms with Crippen molar-refractivity contribution in [1.82, 2.24) is 4.90 Å². The fourth-order valence-corrected chi connectivity index (χ4v) is 7.55. The molecule has 0 bridgehead atoms. The Hall–Kier alpha value is -3.29. The van der Waals surface area contributed by atoms with Crippen molar-refractivity contribution in [1.29, 1.82) is 0 Å². The van der Waals surface area contributed by atoms with Crippen LogP contribution in [0.5, 0.6) is 0 Å². The highest BCUT2D eigenvalue weighted by Crippen LogP contribution is 2.66. The molecule has 2 fully saturated rings. The van der Waals surface area contributed by atoms with Crippen LogP contribution >= 0.6 is 15.9 Å². The Bertz CT molecular complexity index is 1360. The second-order valence-electron chi connectivity index (χ2n) is 9.79. The molecule has 4 heterocycles. The van der Waals surface area contributed by atoms with E-state index in [1.165, 1.54) is 0 Å². The molecular formula is C28H22BrN3O3. The molecular weight excluding hydrogens is 506 g/mol. The van der Waals surface area contributed by atoms with Gasteiger partial charge in [-0.1, -0.05) is 64.5 Å². The van der Waals surface area contributed by atoms with E-state index < -0.39 is 16.9 Å². The van der Waals surface area contributed by atoms with Crippen molar-refractivity contribution in [2.75, 3.05) is 17.2 Å². The summed E-state index contributed by atoms with van der Waals surface area (Å²) < 4.78 is 0.860. The summed E-state index contributed by atoms with van der Waals surface area (Å²) >= 11 is 3.45. The molecule has 7 rings (SSSR count). The number of halogens is 1. The molecule has 0 unspecified atom stereocenters. The lowest BCUT2D eigenvalue weighted by molar-refractivity contribution is -0.128. The van der Waals surface area contributed by atoms with E-state index in [-0.39, 0.29) is 23.6 Å². The third-order valence-corrected chi connectivity index (χ3v) is 8.95. The lowest BCUT2D eigenvalue weighted by Gasteiger charge is -2.38. The van der Waals surface area contributed by atoms with Crippen molar-refractivity contribution >= 4 is 44.9 Å². The highest BCUT2D eigenvalue weighted by molar-refractivity contribution is 9.10. The van der Waals surface area contributed by atoms with Gasteiger partial charge >= 0.3 is 0 Å². The van der Waals surface area contributed by atoms with Crippen LogP contribution < -0.4 is 10.6 Å². The summed E-state index contributed by atoms with van der Waals surface area (Å²) in [4.78, 5) is 45.0. The number of fused-ring (bicyclic) bond motifs is 7. The average Bonchev–Trinajstić information content (AvgIpc) is 3.58. The van der Waals surface area contributed by atoms with E-state index in [4.69, 9.17) is 0 Å². The van der Waals surface area contributed by atoms with E-state index in [1.807, 2.05) is 60.7 Å². The maximum Gasteiger partial charge on any atom is 0.250 e. The average molecular weight is 528 g/mol. The van der Waals surface area contributed by atoms with Gasteiger partial charge in [0.1, 0.15) is 11.0 Å². The molecule has 7 heteroatoms. The summed E-state index contributed by atoms with van der Waals surface area (Å²) in [6.07, 6.45) is 1.60. The SMILES string of the molecule is O=C(c1ccc(Br)cc1)[C@H]1[C@]2(C(=O)Nc3ccccc32)[C@@H]2CCCN2[C@@]12C(=O)Nc1ccccc12. The van der Waals surface area contributed by atoms with Crippen molar-refractivity contribution in [2.45, 2.75) is 29.8 Å². The quantitative estimate of drug-likeness (QED) is 0.482. The summed E-state index contributed by atoms with van der Waals surface area (Å²) in [5, 5.41) is 6.14. The van der Waals surface area contributed by atoms with Crippen molar-refractivity contribution in [3.8, 4) is 0 Å². The largest absolute Gasteiger partial charge is 0.325 e. The molecule has 0 radical (unpaired) electrons. The van der Waals surface area contributed by atoms with Crippen LogP contribution in [0.4, 0.5) is 11.4 Å². The molecule has 2 N–H and O–H groups in total. The third kappa shape index (κ3) is 2.40. The number of para-hydroxylation sites is 2. The minimum absolute atomic E-state index is 0.189. The highest BCUT2D eigenvalue weighted by atomic mass is 79.9. The van der Waals surface area contributed by atoms with E-state index >= 15 is 0 Å². The Morgan fingerprint density at radius 3 is 2.23 bits per heavy atom. The van der Waals surface area contributed by atoms with Crippen molar-refractivity contribution < 1.29 is 14.4 Å². The number of nitrogens with zero attached hydrogens (tertiary/aromatic N) is 1. The number of amides is 2. The monoisotopic (exact) mass is 527 g/mol. The number of carbonyl (C=O) groups is 3. The Morgan fingerprint density at radius 1 is 0.857 bits per heavy atom. The molecule has 6 nitrogen and oxygen atoms in total. The van der Waals surface area contributed by atoms with Gasteiger partial charge in [0, 0.05) is 33.0 Å². The van der Waals surface area contributed by atoms with Gasteiger partial charge in [-0.05, 0) is 49.2 Å². The summed E-state index contributed by atoms with van der Waals surface area (Å²) in [6, 6.07) is 22.2. The summed E-state index contributed by atoms with van der Waals surface area (Å²) in [6.45, 7) is 0.647. The second-order valence-corrected chi connectivity index (χ2v) is 10.7. The lowest BCUT2D eigenvalue weighted by Crippen LogP contribution is -2.55. The number of Topliss-reactive ketones (excluding diaryl/α,β-unsaturated/α-hetero) is 1. The first-order valence-corrected chi connectivity index (χ1v) is 12.7. The first kappa shape index (κ1) is 21.0. The van der Waals surface area contributed by atoms with Gasteiger partial charge in [-0.15, -0.1) is 0 Å². The van der Waals surface area contributed by atoms with Crippen LogP contribution in [0.15, 0.2) is 77.3 Å². The van der Waals surface area contributed by atoms with Crippen LogP contribution in [0.2, 0.25) is 0 Å². The molecule has 3 aromatic carbocycles. The fourth-order valence-electron chi connectivity index (χ4n) is 7.28. The molecule has 4 aliphatic rings. The van der Waals surface area contributed by atoms with Gasteiger partial charge in [0.15, 0.2) is 5.78 Å². The normalized spacial score (nSPS) is 30.3. The smallest absolute Gasteiger partial charge is 0.250 e. The molecule has 0 aromatic heterocycles. The zero-order valence-electron chi connectivity index (χ0n) is 18.8. The first-order valence-electron chi connectivity index (χ1n) is 11.9. The number of rotatable bonds is 2. The van der Waals surface area contributed by atoms with Gasteiger partial charge in [-0.3, -0.25) is 19.3 Å². The van der Waals surface area contributed by atoms with Crippen LogP contribution in [0.3, 0.4) is 0 Å². The predicted octanol–water partition coefficient (Wildman–Crippen LogP) is 4.46. The molecule has 35 heavy (non-hydrogen) atoms. The third-order valence-electron chi connectivity index (χ3n) is 8.42. The number of benzene rings is 3. The number of anilines is 2. The van der Waals surface area contributed by atoms with E-state index in [0.717, 1.165) is 34.1 Å². The van der Waals surface area contributed by atoms with Crippen LogP contribution in [-0.4, -0.2) is 35.1 Å². The zero-order chi connectivity index (χ0) is 23.9. The van der Waals surface area contributed by atoms with Gasteiger partial charge in [0.25, 0.3) is 0 Å². The topological polar surface area (TPSA) is 78.5 Å². The standard InChI is InChI=1S/C28H22BrN3O3/c29-17-13-11-16(12-14-17)23(33)24-27(18-6-1-3-8-20(18)30-25(27)34)22-10-5-15-32(22)28(24)19-7-2-4-9-21(19)31-26(28)35/h1-4,6-9,11-14,22,24H,5,10,15H2,(H,30,34)(H,31,35)/t22-,24-,27+,28+/m0/s1. The van der Waals surface area contributed by atoms with Gasteiger partial charge in [0.05, 0.1) is 5.92 Å². The van der Waals surface area contributed by atoms with Gasteiger partial charge in [-0.25, -0.2) is 0 Å². The van der Waals surface area contributed by atoms with Crippen molar-refractivity contribution in [3.05, 3.63) is 94.0 Å². The van der Waals surface area contributed by atoms with E-state index in [9.17, 15) is 14.4 Å². The number of hydrogen-bond acceptors (Lipinski definition) is 4. The number of carbonyl (C=O) groups excluding carboxylic acids is 3. The molecule has 0 aliphatic carbocycles. The Morgan fingerprint density at radius 2 is 1.49 bits per heavy atom. The highest BCUT2D eigenvalue weighted by Gasteiger charge is 2.78. The van der Waals surface area contributed by atoms with Crippen LogP contribution in [0.25, 0.3) is 0 Å². The maximum atomic E-state index is 14.6. The lowest BCUT2D eigenvalue weighted by atomic mass is 9.60. The van der Waals surface area contributed by atoms with Gasteiger partial charge in [-0.2, -0.15) is 0 Å². The Kier molecular flexibility index (Phi) is 4.28. The fraction of sp³-hybridized carbons (Fsp3) is 0.250. The molecule has 0 saturated carbocycles. The molecule has 2 saturated heterocycles. The molecule has 4 aliphatic heterocycles. The number of nitrogens with one attached hydrogen (secondary N) is 2. The van der Waals surface area contributed by atoms with Crippen LogP contribution in [0.1, 0.15) is 34.3 Å². The van der Waals surface area contributed by atoms with E-state index in [1.54, 1.807) is 12.1 Å². The van der Waals surface area contributed by atoms with Gasteiger partial charge < -0.3 is 10.6 Å². The minimum atomic E-state index is -1.27. The number of hydrogen-bond donors (Lipinski definition) is 2. The summed E-state index contributed by atoms with van der Waals surface area (Å²) in [5.74, 6) is -1.53. The van der Waals surface area contributed by atoms with Gasteiger partial charge in [0.2, 0.25) is 11.8 Å². The first-order chi connectivity index (χ1) is 17.0. The van der Waals surface area contributed by atoms with Crippen molar-refractivity contribution in [2.24, 2.45) is 5.92 Å². The van der Waals surface area contributed by atoms with E-state index in [0.29, 0.717) is 17.8 Å². The number of ketones is 1. The zero-order valence-corrected chi connectivity index (χ0v) is 20.3. The predicted molar refractivity (Wildman–Crippen MR) is 135 cm³/mol. The molecule has 4 atom stereocenters.